The molecule has 0 saturated heterocycles. The number of hydrogen-bond donors (Lipinski definition) is 1. The smallest absolute Gasteiger partial charge is 0.230 e. The molecule has 14 heavy (non-hydrogen) atoms. The van der Waals surface area contributed by atoms with Crippen LogP contribution >= 0.6 is 23.1 Å². The molecule has 1 rings (SSSR count). The van der Waals surface area contributed by atoms with E-state index in [1.54, 1.807) is 6.92 Å². The Morgan fingerprint density at radius 2 is 2.21 bits per heavy atom. The summed E-state index contributed by atoms with van der Waals surface area (Å²) in [4.78, 5) is 12.7. The molecule has 0 aromatic carbocycles. The van der Waals surface area contributed by atoms with Gasteiger partial charge >= 0.3 is 0 Å². The van der Waals surface area contributed by atoms with Crippen LogP contribution in [0.1, 0.15) is 6.92 Å². The second kappa shape index (κ2) is 4.61. The van der Waals surface area contributed by atoms with Gasteiger partial charge in [-0.15, -0.1) is 10.2 Å². The van der Waals surface area contributed by atoms with E-state index >= 15 is 0 Å². The minimum atomic E-state index is -0.336. The summed E-state index contributed by atoms with van der Waals surface area (Å²) in [5, 5.41) is 8.45. The minimum absolute atomic E-state index is 0.266. The number of thioether (sulfide) groups is 1. The Balaban J connectivity index is 2.64. The number of amides is 1. The molecule has 1 aromatic rings. The average molecular weight is 232 g/mol. The standard InChI is InChI=1S/C7H12N4OS2/c1-4(5(8)12)13-7-10-9-6(14-7)11(2)3/h4H,1-3H3,(H2,8,12). The van der Waals surface area contributed by atoms with E-state index in [9.17, 15) is 4.79 Å². The first-order valence-electron chi connectivity index (χ1n) is 3.97. The van der Waals surface area contributed by atoms with Gasteiger partial charge in [-0.05, 0) is 6.92 Å². The number of primary amides is 1. The van der Waals surface area contributed by atoms with Gasteiger partial charge in [-0.2, -0.15) is 0 Å². The zero-order valence-electron chi connectivity index (χ0n) is 8.22. The van der Waals surface area contributed by atoms with Crippen molar-refractivity contribution in [3.63, 3.8) is 0 Å². The molecule has 0 saturated carbocycles. The van der Waals surface area contributed by atoms with Crippen molar-refractivity contribution in [3.8, 4) is 0 Å². The van der Waals surface area contributed by atoms with Crippen molar-refractivity contribution in [1.82, 2.24) is 10.2 Å². The molecule has 2 N–H and O–H groups in total. The van der Waals surface area contributed by atoms with Crippen LogP contribution in [0.4, 0.5) is 5.13 Å². The normalized spacial score (nSPS) is 12.5. The van der Waals surface area contributed by atoms with Crippen LogP contribution in [0, 0.1) is 0 Å². The van der Waals surface area contributed by atoms with Crippen LogP contribution in [0.15, 0.2) is 4.34 Å². The van der Waals surface area contributed by atoms with E-state index in [2.05, 4.69) is 10.2 Å². The highest BCUT2D eigenvalue weighted by Gasteiger charge is 2.14. The van der Waals surface area contributed by atoms with Crippen LogP contribution in [0.2, 0.25) is 0 Å². The maximum absolute atomic E-state index is 10.8. The number of hydrogen-bond acceptors (Lipinski definition) is 6. The summed E-state index contributed by atoms with van der Waals surface area (Å²) in [6, 6.07) is 0. The molecule has 78 valence electrons. The monoisotopic (exact) mass is 232 g/mol. The Morgan fingerprint density at radius 1 is 1.57 bits per heavy atom. The molecule has 0 spiro atoms. The molecule has 0 aliphatic rings. The Bertz CT molecular complexity index is 325. The van der Waals surface area contributed by atoms with Gasteiger partial charge in [-0.25, -0.2) is 0 Å². The highest BCUT2D eigenvalue weighted by Crippen LogP contribution is 2.29. The van der Waals surface area contributed by atoms with E-state index < -0.39 is 0 Å². The number of carbonyl (C=O) groups excluding carboxylic acids is 1. The van der Waals surface area contributed by atoms with Crippen molar-refractivity contribution in [2.24, 2.45) is 5.73 Å². The summed E-state index contributed by atoms with van der Waals surface area (Å²) in [6.07, 6.45) is 0. The van der Waals surface area contributed by atoms with Gasteiger partial charge in [0.25, 0.3) is 0 Å². The van der Waals surface area contributed by atoms with E-state index in [0.717, 1.165) is 9.47 Å². The Kier molecular flexibility index (Phi) is 3.70. The van der Waals surface area contributed by atoms with E-state index in [4.69, 9.17) is 5.73 Å². The van der Waals surface area contributed by atoms with Gasteiger partial charge in [0.05, 0.1) is 5.25 Å². The van der Waals surface area contributed by atoms with Crippen molar-refractivity contribution in [3.05, 3.63) is 0 Å². The number of nitrogens with two attached hydrogens (primary N) is 1. The van der Waals surface area contributed by atoms with Gasteiger partial charge in [0, 0.05) is 14.1 Å². The lowest BCUT2D eigenvalue weighted by Gasteiger charge is -2.04. The third-order valence-corrected chi connectivity index (χ3v) is 3.75. The summed E-state index contributed by atoms with van der Waals surface area (Å²) in [5.41, 5.74) is 5.14. The van der Waals surface area contributed by atoms with Gasteiger partial charge in [0.15, 0.2) is 4.34 Å². The second-order valence-electron chi connectivity index (χ2n) is 2.91. The summed E-state index contributed by atoms with van der Waals surface area (Å²) in [7, 11) is 3.79. The molecule has 1 amide bonds. The first-order valence-corrected chi connectivity index (χ1v) is 5.67. The van der Waals surface area contributed by atoms with E-state index in [1.165, 1.54) is 23.1 Å². The molecular weight excluding hydrogens is 220 g/mol. The molecule has 7 heteroatoms. The number of carbonyl (C=O) groups is 1. The van der Waals surface area contributed by atoms with Crippen molar-refractivity contribution in [2.75, 3.05) is 19.0 Å². The summed E-state index contributed by atoms with van der Waals surface area (Å²) in [6.45, 7) is 1.75. The molecule has 1 unspecified atom stereocenters. The Labute approximate surface area is 90.7 Å². The molecular formula is C7H12N4OS2. The molecule has 0 radical (unpaired) electrons. The fourth-order valence-electron chi connectivity index (χ4n) is 0.640. The summed E-state index contributed by atoms with van der Waals surface area (Å²) >= 11 is 2.78. The van der Waals surface area contributed by atoms with Gasteiger partial charge in [-0.1, -0.05) is 23.1 Å². The summed E-state index contributed by atoms with van der Waals surface area (Å²) < 4.78 is 0.764. The van der Waals surface area contributed by atoms with Crippen LogP contribution in [0.3, 0.4) is 0 Å². The number of anilines is 1. The fraction of sp³-hybridized carbons (Fsp3) is 0.571. The van der Waals surface area contributed by atoms with Crippen LogP contribution in [0.25, 0.3) is 0 Å². The molecule has 1 atom stereocenters. The van der Waals surface area contributed by atoms with E-state index in [0.29, 0.717) is 0 Å². The molecule has 1 heterocycles. The van der Waals surface area contributed by atoms with Gasteiger partial charge in [0.2, 0.25) is 11.0 Å². The van der Waals surface area contributed by atoms with Crippen molar-refractivity contribution < 1.29 is 4.79 Å². The molecule has 5 nitrogen and oxygen atoms in total. The average Bonchev–Trinajstić information content (AvgIpc) is 2.52. The predicted octanol–water partition coefficient (Wildman–Crippen LogP) is 0.570. The largest absolute Gasteiger partial charge is 0.369 e. The third-order valence-electron chi connectivity index (χ3n) is 1.46. The Morgan fingerprint density at radius 3 is 2.64 bits per heavy atom. The molecule has 0 fully saturated rings. The molecule has 1 aromatic heterocycles. The highest BCUT2D eigenvalue weighted by atomic mass is 32.2. The van der Waals surface area contributed by atoms with Crippen LogP contribution in [0.5, 0.6) is 0 Å². The van der Waals surface area contributed by atoms with E-state index in [-0.39, 0.29) is 11.2 Å². The first kappa shape index (κ1) is 11.3. The maximum Gasteiger partial charge on any atom is 0.230 e. The SMILES string of the molecule is CC(Sc1nnc(N(C)C)s1)C(N)=O. The topological polar surface area (TPSA) is 72.1 Å². The maximum atomic E-state index is 10.8. The highest BCUT2D eigenvalue weighted by molar-refractivity contribution is 8.02. The number of nitrogens with zero attached hydrogens (tertiary/aromatic N) is 3. The minimum Gasteiger partial charge on any atom is -0.369 e. The first-order chi connectivity index (χ1) is 6.50. The fourth-order valence-corrected chi connectivity index (χ4v) is 2.50. The summed E-state index contributed by atoms with van der Waals surface area (Å²) in [5.74, 6) is -0.336. The number of rotatable bonds is 4. The van der Waals surface area contributed by atoms with Gasteiger partial charge in [-0.3, -0.25) is 4.79 Å². The zero-order valence-corrected chi connectivity index (χ0v) is 9.85. The molecule has 0 aliphatic heterocycles. The lowest BCUT2D eigenvalue weighted by atomic mass is 10.5. The third kappa shape index (κ3) is 2.85. The van der Waals surface area contributed by atoms with Crippen LogP contribution in [-0.4, -0.2) is 35.4 Å². The zero-order chi connectivity index (χ0) is 10.7. The van der Waals surface area contributed by atoms with Crippen LogP contribution in [-0.2, 0) is 4.79 Å². The quantitative estimate of drug-likeness (QED) is 0.768. The molecule has 0 bridgehead atoms. The second-order valence-corrected chi connectivity index (χ2v) is 5.45. The van der Waals surface area contributed by atoms with Gasteiger partial charge in [0.1, 0.15) is 0 Å². The van der Waals surface area contributed by atoms with Crippen molar-refractivity contribution in [1.29, 1.82) is 0 Å². The lowest BCUT2D eigenvalue weighted by Crippen LogP contribution is -2.22. The van der Waals surface area contributed by atoms with Crippen molar-refractivity contribution >= 4 is 34.1 Å². The Hall–Kier alpha value is -0.820. The number of aromatic nitrogens is 2. The van der Waals surface area contributed by atoms with Gasteiger partial charge < -0.3 is 10.6 Å². The van der Waals surface area contributed by atoms with E-state index in [1.807, 2.05) is 19.0 Å². The van der Waals surface area contributed by atoms with Crippen LogP contribution < -0.4 is 10.6 Å². The molecule has 0 aliphatic carbocycles. The lowest BCUT2D eigenvalue weighted by molar-refractivity contribution is -0.117. The van der Waals surface area contributed by atoms with Crippen molar-refractivity contribution in [2.45, 2.75) is 16.5 Å². The predicted molar refractivity (Wildman–Crippen MR) is 58.7 cm³/mol.